The van der Waals surface area contributed by atoms with Crippen LogP contribution in [0.15, 0.2) is 42.5 Å². The molecule has 0 atom stereocenters. The van der Waals surface area contributed by atoms with Crippen LogP contribution in [0.1, 0.15) is 5.56 Å². The van der Waals surface area contributed by atoms with Crippen molar-refractivity contribution in [1.82, 2.24) is 10.2 Å². The fourth-order valence-corrected chi connectivity index (χ4v) is 4.64. The summed E-state index contributed by atoms with van der Waals surface area (Å²) in [6, 6.07) is 10.9. The van der Waals surface area contributed by atoms with E-state index < -0.39 is 21.6 Å². The third kappa shape index (κ3) is 4.46. The molecule has 0 aliphatic heterocycles. The number of hydrogen-bond donors (Lipinski definition) is 1. The van der Waals surface area contributed by atoms with Gasteiger partial charge in [0.25, 0.3) is 0 Å². The van der Waals surface area contributed by atoms with Gasteiger partial charge < -0.3 is 0 Å². The molecule has 25 heavy (non-hydrogen) atoms. The molecule has 0 aliphatic rings. The van der Waals surface area contributed by atoms with Gasteiger partial charge >= 0.3 is 0 Å². The Morgan fingerprint density at radius 3 is 2.48 bits per heavy atom. The first-order chi connectivity index (χ1) is 11.8. The quantitative estimate of drug-likeness (QED) is 0.658. The number of aromatic nitrogens is 2. The molecule has 3 aromatic rings. The monoisotopic (exact) mass is 417 g/mol. The molecule has 2 aromatic carbocycles. The first-order valence-electron chi connectivity index (χ1n) is 6.87. The van der Waals surface area contributed by atoms with E-state index in [1.54, 1.807) is 24.3 Å². The molecular formula is C15H10Cl2FN3O2S2. The number of halogens is 3. The third-order valence-electron chi connectivity index (χ3n) is 3.16. The minimum atomic E-state index is -3.90. The van der Waals surface area contributed by atoms with Crippen molar-refractivity contribution >= 4 is 49.7 Å². The van der Waals surface area contributed by atoms with Gasteiger partial charge in [-0.25, -0.2) is 12.8 Å². The topological polar surface area (TPSA) is 72.0 Å². The fraction of sp³-hybridized carbons (Fsp3) is 0.0667. The zero-order valence-electron chi connectivity index (χ0n) is 12.4. The van der Waals surface area contributed by atoms with E-state index in [0.717, 1.165) is 23.0 Å². The Bertz CT molecular complexity index is 988. The summed E-state index contributed by atoms with van der Waals surface area (Å²) in [5, 5.41) is 8.98. The largest absolute Gasteiger partial charge is 0.257 e. The molecule has 0 fully saturated rings. The summed E-state index contributed by atoms with van der Waals surface area (Å²) in [6.07, 6.45) is 0. The van der Waals surface area contributed by atoms with Gasteiger partial charge in [0.1, 0.15) is 10.8 Å². The molecule has 5 nitrogen and oxygen atoms in total. The van der Waals surface area contributed by atoms with Crippen molar-refractivity contribution < 1.29 is 12.8 Å². The average Bonchev–Trinajstić information content (AvgIpc) is 2.99. The van der Waals surface area contributed by atoms with E-state index in [9.17, 15) is 12.8 Å². The lowest BCUT2D eigenvalue weighted by Gasteiger charge is -2.07. The Morgan fingerprint density at radius 1 is 1.08 bits per heavy atom. The Balaban J connectivity index is 1.79. The summed E-state index contributed by atoms with van der Waals surface area (Å²) >= 11 is 12.8. The Morgan fingerprint density at radius 2 is 1.80 bits per heavy atom. The Kier molecular flexibility index (Phi) is 5.24. The predicted molar refractivity (Wildman–Crippen MR) is 98.0 cm³/mol. The lowest BCUT2D eigenvalue weighted by atomic mass is 10.2. The van der Waals surface area contributed by atoms with Gasteiger partial charge in [0.15, 0.2) is 0 Å². The summed E-state index contributed by atoms with van der Waals surface area (Å²) in [5.41, 5.74) is 0.656. The van der Waals surface area contributed by atoms with Crippen LogP contribution < -0.4 is 4.72 Å². The second-order valence-electron chi connectivity index (χ2n) is 4.98. The summed E-state index contributed by atoms with van der Waals surface area (Å²) < 4.78 is 40.6. The van der Waals surface area contributed by atoms with E-state index in [4.69, 9.17) is 23.2 Å². The molecule has 3 rings (SSSR count). The van der Waals surface area contributed by atoms with Gasteiger partial charge in [0.2, 0.25) is 15.2 Å². The highest BCUT2D eigenvalue weighted by molar-refractivity contribution is 7.92. The summed E-state index contributed by atoms with van der Waals surface area (Å²) in [6.45, 7) is 0. The molecule has 0 radical (unpaired) electrons. The van der Waals surface area contributed by atoms with E-state index in [1.165, 1.54) is 12.1 Å². The number of anilines is 1. The zero-order chi connectivity index (χ0) is 18.0. The van der Waals surface area contributed by atoms with E-state index >= 15 is 0 Å². The van der Waals surface area contributed by atoms with Crippen molar-refractivity contribution in [2.24, 2.45) is 0 Å². The van der Waals surface area contributed by atoms with Gasteiger partial charge in [0.05, 0.1) is 5.75 Å². The maximum Gasteiger partial charge on any atom is 0.238 e. The minimum Gasteiger partial charge on any atom is -0.257 e. The number of nitrogens with one attached hydrogen (secondary N) is 1. The molecule has 1 aromatic heterocycles. The molecule has 1 N–H and O–H groups in total. The predicted octanol–water partition coefficient (Wildman–Crippen LogP) is 4.59. The summed E-state index contributed by atoms with van der Waals surface area (Å²) in [5.74, 6) is -1.29. The van der Waals surface area contributed by atoms with Crippen LogP contribution in [0.25, 0.3) is 10.6 Å². The van der Waals surface area contributed by atoms with Crippen LogP contribution in [0.5, 0.6) is 0 Å². The second-order valence-corrected chi connectivity index (χ2v) is 8.52. The number of hydrogen-bond acceptors (Lipinski definition) is 5. The van der Waals surface area contributed by atoms with Crippen molar-refractivity contribution in [2.45, 2.75) is 5.75 Å². The molecule has 0 amide bonds. The molecule has 0 aliphatic carbocycles. The highest BCUT2D eigenvalue weighted by Gasteiger charge is 2.19. The van der Waals surface area contributed by atoms with Crippen molar-refractivity contribution in [2.75, 3.05) is 4.72 Å². The minimum absolute atomic E-state index is 0.0458. The van der Waals surface area contributed by atoms with Crippen molar-refractivity contribution in [1.29, 1.82) is 0 Å². The SMILES string of the molecule is O=S(=O)(Cc1c(F)cccc1Cl)Nc1nnc(-c2ccc(Cl)cc2)s1. The van der Waals surface area contributed by atoms with E-state index in [1.807, 2.05) is 0 Å². The Hall–Kier alpha value is -1.74. The molecule has 130 valence electrons. The smallest absolute Gasteiger partial charge is 0.238 e. The number of sulfonamides is 1. The molecule has 0 saturated heterocycles. The van der Waals surface area contributed by atoms with Gasteiger partial charge in [-0.2, -0.15) is 0 Å². The van der Waals surface area contributed by atoms with Crippen LogP contribution in [-0.4, -0.2) is 18.6 Å². The van der Waals surface area contributed by atoms with Crippen LogP contribution in [-0.2, 0) is 15.8 Å². The molecule has 0 spiro atoms. The van der Waals surface area contributed by atoms with Crippen LogP contribution in [0.2, 0.25) is 10.0 Å². The van der Waals surface area contributed by atoms with Gasteiger partial charge in [0, 0.05) is 21.2 Å². The number of rotatable bonds is 5. The number of benzene rings is 2. The fourth-order valence-electron chi connectivity index (χ4n) is 2.00. The summed E-state index contributed by atoms with van der Waals surface area (Å²) in [4.78, 5) is 0. The Labute approximate surface area is 157 Å². The molecule has 0 saturated carbocycles. The lowest BCUT2D eigenvalue weighted by molar-refractivity contribution is 0.591. The van der Waals surface area contributed by atoms with Crippen molar-refractivity contribution in [3.8, 4) is 10.6 Å². The molecule has 0 unspecified atom stereocenters. The van der Waals surface area contributed by atoms with Crippen molar-refractivity contribution in [3.63, 3.8) is 0 Å². The standard InChI is InChI=1S/C15H10Cl2FN3O2S2/c16-10-6-4-9(5-7-10)14-19-20-15(24-14)21-25(22,23)8-11-12(17)2-1-3-13(11)18/h1-7H,8H2,(H,20,21). The van der Waals surface area contributed by atoms with Crippen molar-refractivity contribution in [3.05, 3.63) is 63.9 Å². The van der Waals surface area contributed by atoms with Gasteiger partial charge in [-0.1, -0.05) is 52.7 Å². The van der Waals surface area contributed by atoms with Crippen LogP contribution in [0, 0.1) is 5.82 Å². The molecular weight excluding hydrogens is 408 g/mol. The maximum absolute atomic E-state index is 13.8. The van der Waals surface area contributed by atoms with E-state index in [-0.39, 0.29) is 15.7 Å². The first kappa shape index (κ1) is 18.1. The van der Waals surface area contributed by atoms with Crippen LogP contribution >= 0.6 is 34.5 Å². The van der Waals surface area contributed by atoms with Crippen LogP contribution in [0.4, 0.5) is 9.52 Å². The zero-order valence-corrected chi connectivity index (χ0v) is 15.6. The van der Waals surface area contributed by atoms with E-state index in [2.05, 4.69) is 14.9 Å². The highest BCUT2D eigenvalue weighted by Crippen LogP contribution is 2.29. The van der Waals surface area contributed by atoms with E-state index in [0.29, 0.717) is 10.0 Å². The normalized spacial score (nSPS) is 11.5. The molecule has 10 heteroatoms. The van der Waals surface area contributed by atoms with Gasteiger partial charge in [-0.3, -0.25) is 4.72 Å². The number of nitrogens with zero attached hydrogens (tertiary/aromatic N) is 2. The maximum atomic E-state index is 13.8. The van der Waals surface area contributed by atoms with Gasteiger partial charge in [-0.05, 0) is 24.3 Å². The summed E-state index contributed by atoms with van der Waals surface area (Å²) in [7, 11) is -3.90. The first-order valence-corrected chi connectivity index (χ1v) is 10.1. The highest BCUT2D eigenvalue weighted by atomic mass is 35.5. The molecule has 0 bridgehead atoms. The lowest BCUT2D eigenvalue weighted by Crippen LogP contribution is -2.16. The third-order valence-corrected chi connectivity index (χ3v) is 5.95. The molecule has 1 heterocycles. The second kappa shape index (κ2) is 7.25. The van der Waals surface area contributed by atoms with Crippen LogP contribution in [0.3, 0.4) is 0 Å². The van der Waals surface area contributed by atoms with Gasteiger partial charge in [-0.15, -0.1) is 10.2 Å². The average molecular weight is 418 g/mol.